The number of alkyl halides is 6. The van der Waals surface area contributed by atoms with Crippen LogP contribution in [0, 0.1) is 11.2 Å². The summed E-state index contributed by atoms with van der Waals surface area (Å²) in [6.45, 7) is 2.62. The maximum absolute atomic E-state index is 14.9. The van der Waals surface area contributed by atoms with Crippen LogP contribution in [-0.2, 0) is 21.0 Å². The first-order valence-corrected chi connectivity index (χ1v) is 14.4. The maximum Gasteiger partial charge on any atom is 0.490 e. The van der Waals surface area contributed by atoms with Gasteiger partial charge in [-0.3, -0.25) is 9.78 Å². The normalized spacial score (nSPS) is 18.2. The van der Waals surface area contributed by atoms with Gasteiger partial charge in [0.25, 0.3) is 5.91 Å². The lowest BCUT2D eigenvalue weighted by molar-refractivity contribution is -0.192. The Hall–Kier alpha value is -3.63. The van der Waals surface area contributed by atoms with E-state index in [1.807, 2.05) is 11.6 Å². The molecule has 236 valence electrons. The van der Waals surface area contributed by atoms with Crippen molar-refractivity contribution in [3.05, 3.63) is 53.1 Å². The van der Waals surface area contributed by atoms with Gasteiger partial charge in [0.1, 0.15) is 11.6 Å². The monoisotopic (exact) mass is 641 g/mol. The summed E-state index contributed by atoms with van der Waals surface area (Å²) >= 11 is 0. The lowest BCUT2D eigenvalue weighted by Gasteiger charge is -2.49. The lowest BCUT2D eigenvalue weighted by atomic mass is 9.82. The number of carboxylic acid groups (broad SMARTS) is 1. The van der Waals surface area contributed by atoms with E-state index in [1.165, 1.54) is 18.3 Å². The predicted molar refractivity (Wildman–Crippen MR) is 137 cm³/mol. The molecule has 43 heavy (non-hydrogen) atoms. The van der Waals surface area contributed by atoms with Gasteiger partial charge in [-0.1, -0.05) is 6.92 Å². The number of nitrogens with one attached hydrogen (secondary N) is 1. The van der Waals surface area contributed by atoms with Gasteiger partial charge in [-0.25, -0.2) is 22.3 Å². The number of carbonyl (C=O) groups excluding carboxylic acids is 1. The molecule has 2 aromatic rings. The molecule has 2 saturated carbocycles. The van der Waals surface area contributed by atoms with E-state index in [1.54, 1.807) is 4.90 Å². The van der Waals surface area contributed by atoms with E-state index >= 15 is 0 Å². The molecule has 5 rings (SSSR count). The first kappa shape index (κ1) is 32.3. The number of amides is 1. The predicted octanol–water partition coefficient (Wildman–Crippen LogP) is 4.88. The van der Waals surface area contributed by atoms with E-state index in [9.17, 15) is 43.9 Å². The van der Waals surface area contributed by atoms with E-state index in [4.69, 9.17) is 14.6 Å². The number of carboxylic acids is 1. The number of hydrogen-bond acceptors (Lipinski definition) is 7. The summed E-state index contributed by atoms with van der Waals surface area (Å²) in [6, 6.07) is 3.77. The first-order chi connectivity index (χ1) is 19.8. The van der Waals surface area contributed by atoms with Crippen LogP contribution >= 0.6 is 0 Å². The second-order valence-electron chi connectivity index (χ2n) is 11.0. The number of pyridine rings is 1. The highest BCUT2D eigenvalue weighted by Crippen LogP contribution is 2.46. The summed E-state index contributed by atoms with van der Waals surface area (Å²) in [4.78, 5) is 26.6. The topological polar surface area (TPSA) is 126 Å². The fourth-order valence-corrected chi connectivity index (χ4v) is 5.79. The average Bonchev–Trinajstić information content (AvgIpc) is 3.78. The van der Waals surface area contributed by atoms with Crippen molar-refractivity contribution < 1.29 is 58.6 Å². The molecule has 17 heteroatoms. The molecule has 1 aliphatic heterocycles. The van der Waals surface area contributed by atoms with Crippen molar-refractivity contribution in [3.8, 4) is 5.75 Å². The summed E-state index contributed by atoms with van der Waals surface area (Å²) in [5, 5.41) is 6.51. The van der Waals surface area contributed by atoms with Crippen molar-refractivity contribution in [2.24, 2.45) is 5.41 Å². The van der Waals surface area contributed by atoms with E-state index in [2.05, 4.69) is 4.98 Å². The second kappa shape index (κ2) is 11.5. The molecule has 3 aliphatic rings. The molecule has 1 aromatic carbocycles. The maximum atomic E-state index is 14.9. The number of anilines is 1. The largest absolute Gasteiger partial charge is 0.492 e. The Bertz CT molecular complexity index is 1500. The van der Waals surface area contributed by atoms with Crippen LogP contribution in [0.25, 0.3) is 0 Å². The van der Waals surface area contributed by atoms with Crippen LogP contribution in [0.15, 0.2) is 30.6 Å². The van der Waals surface area contributed by atoms with Crippen LogP contribution in [0.2, 0.25) is 0 Å². The van der Waals surface area contributed by atoms with Crippen LogP contribution in [0.1, 0.15) is 60.0 Å². The summed E-state index contributed by atoms with van der Waals surface area (Å²) in [7, 11) is -3.82. The van der Waals surface area contributed by atoms with Gasteiger partial charge in [-0.05, 0) is 49.3 Å². The summed E-state index contributed by atoms with van der Waals surface area (Å²) in [6.07, 6.45) is -4.88. The SMILES string of the molecule is CC1(COc2cc(F)c(C(=O)NS(=O)(=O)C3CC3)cc2C2CC2)CN(c2ccncc2C(F)(F)F)C1.O=C(O)C(F)(F)F. The first-order valence-electron chi connectivity index (χ1n) is 12.9. The molecule has 0 unspecified atom stereocenters. The molecule has 1 aromatic heterocycles. The number of aliphatic carboxylic acids is 1. The smallest absolute Gasteiger partial charge is 0.490 e. The fraction of sp³-hybridized carbons (Fsp3) is 0.500. The van der Waals surface area contributed by atoms with Gasteiger partial charge in [0.05, 0.1) is 28.7 Å². The van der Waals surface area contributed by atoms with Gasteiger partial charge >= 0.3 is 18.3 Å². The van der Waals surface area contributed by atoms with E-state index in [-0.39, 0.29) is 29.5 Å². The van der Waals surface area contributed by atoms with Crippen molar-refractivity contribution in [2.75, 3.05) is 24.6 Å². The molecule has 1 amide bonds. The van der Waals surface area contributed by atoms with Gasteiger partial charge in [-0.2, -0.15) is 26.3 Å². The van der Waals surface area contributed by atoms with Crippen molar-refractivity contribution in [1.29, 1.82) is 0 Å². The van der Waals surface area contributed by atoms with Crippen LogP contribution < -0.4 is 14.4 Å². The highest BCUT2D eigenvalue weighted by atomic mass is 32.2. The Morgan fingerprint density at radius 3 is 2.23 bits per heavy atom. The van der Waals surface area contributed by atoms with Crippen LogP contribution in [0.5, 0.6) is 5.75 Å². The lowest BCUT2D eigenvalue weighted by Crippen LogP contribution is -2.58. The van der Waals surface area contributed by atoms with Crippen LogP contribution in [-0.4, -0.2) is 61.5 Å². The number of hydrogen-bond donors (Lipinski definition) is 2. The summed E-state index contributed by atoms with van der Waals surface area (Å²) in [5.74, 6) is -4.33. The summed E-state index contributed by atoms with van der Waals surface area (Å²) in [5.41, 5.74) is -0.956. The third-order valence-electron chi connectivity index (χ3n) is 6.97. The highest BCUT2D eigenvalue weighted by Gasteiger charge is 2.44. The Labute approximate surface area is 241 Å². The molecule has 1 saturated heterocycles. The number of ether oxygens (including phenoxy) is 1. The number of rotatable bonds is 8. The third kappa shape index (κ3) is 7.86. The number of carbonyl (C=O) groups is 2. The minimum Gasteiger partial charge on any atom is -0.492 e. The number of sulfonamides is 1. The van der Waals surface area contributed by atoms with Crippen molar-refractivity contribution in [3.63, 3.8) is 0 Å². The molecule has 9 nitrogen and oxygen atoms in total. The van der Waals surface area contributed by atoms with Crippen molar-refractivity contribution in [1.82, 2.24) is 9.71 Å². The Morgan fingerprint density at radius 1 is 1.12 bits per heavy atom. The van der Waals surface area contributed by atoms with Gasteiger partial charge in [0.2, 0.25) is 10.0 Å². The molecular formula is C26H26F7N3O6S. The number of nitrogens with zero attached hydrogens (tertiary/aromatic N) is 2. The number of benzene rings is 1. The van der Waals surface area contributed by atoms with Gasteiger partial charge in [0.15, 0.2) is 0 Å². The zero-order valence-corrected chi connectivity index (χ0v) is 23.2. The molecule has 2 heterocycles. The van der Waals surface area contributed by atoms with Gasteiger partial charge in [0, 0.05) is 37.0 Å². The van der Waals surface area contributed by atoms with Crippen LogP contribution in [0.3, 0.4) is 0 Å². The molecule has 0 spiro atoms. The fourth-order valence-electron chi connectivity index (χ4n) is 4.50. The van der Waals surface area contributed by atoms with E-state index in [0.717, 1.165) is 25.1 Å². The van der Waals surface area contributed by atoms with Crippen molar-refractivity contribution >= 4 is 27.6 Å². The Morgan fingerprint density at radius 2 is 1.72 bits per heavy atom. The van der Waals surface area contributed by atoms with E-state index in [0.29, 0.717) is 31.5 Å². The molecule has 0 radical (unpaired) electrons. The zero-order valence-electron chi connectivity index (χ0n) is 22.4. The molecule has 0 bridgehead atoms. The van der Waals surface area contributed by atoms with Crippen molar-refractivity contribution in [2.45, 2.75) is 56.1 Å². The minimum absolute atomic E-state index is 0.0520. The molecular weight excluding hydrogens is 615 g/mol. The molecule has 3 fully saturated rings. The number of halogens is 7. The average molecular weight is 642 g/mol. The Kier molecular flexibility index (Phi) is 8.61. The minimum atomic E-state index is -5.08. The van der Waals surface area contributed by atoms with Gasteiger partial charge in [-0.15, -0.1) is 0 Å². The highest BCUT2D eigenvalue weighted by molar-refractivity contribution is 7.91. The Balaban J connectivity index is 0.000000541. The van der Waals surface area contributed by atoms with E-state index < -0.39 is 56.3 Å². The second-order valence-corrected chi connectivity index (χ2v) is 12.9. The quantitative estimate of drug-likeness (QED) is 0.391. The van der Waals surface area contributed by atoms with Gasteiger partial charge < -0.3 is 14.7 Å². The molecule has 2 N–H and O–H groups in total. The zero-order chi connectivity index (χ0) is 32.0. The summed E-state index contributed by atoms with van der Waals surface area (Å²) < 4.78 is 119. The molecule has 0 atom stereocenters. The van der Waals surface area contributed by atoms with Crippen LogP contribution in [0.4, 0.5) is 36.4 Å². The molecule has 2 aliphatic carbocycles. The third-order valence-corrected chi connectivity index (χ3v) is 8.79. The number of aromatic nitrogens is 1. The standard InChI is InChI=1S/C24H25F4N3O4S.C2HF3O2/c1-23(11-31(12-23)20-6-7-29-10-18(20)24(26,27)28)13-35-21-9-19(25)17(8-16(21)14-2-3-14)22(32)30-36(33,34)15-4-5-15;3-2(4,5)1(6)7/h6-10,14-15H,2-5,11-13H2,1H3,(H,30,32);(H,6,7).